The predicted molar refractivity (Wildman–Crippen MR) is 51.6 cm³/mol. The van der Waals surface area contributed by atoms with Crippen LogP contribution < -0.4 is 0 Å². The summed E-state index contributed by atoms with van der Waals surface area (Å²) in [5.74, 6) is -0.442. The van der Waals surface area contributed by atoms with Gasteiger partial charge in [-0.2, -0.15) is 0 Å². The van der Waals surface area contributed by atoms with E-state index in [1.165, 1.54) is 11.0 Å². The lowest BCUT2D eigenvalue weighted by atomic mass is 10.3. The van der Waals surface area contributed by atoms with Gasteiger partial charge in [-0.25, -0.2) is 0 Å². The second kappa shape index (κ2) is 4.37. The molecule has 0 fully saturated rings. The minimum Gasteiger partial charge on any atom is -0.377 e. The van der Waals surface area contributed by atoms with Gasteiger partial charge in [0.2, 0.25) is 0 Å². The monoisotopic (exact) mass is 197 g/mol. The van der Waals surface area contributed by atoms with Crippen LogP contribution in [0.5, 0.6) is 0 Å². The minimum atomic E-state index is -0.236. The first-order valence-corrected chi connectivity index (χ1v) is 4.68. The van der Waals surface area contributed by atoms with E-state index in [4.69, 9.17) is 4.74 Å². The van der Waals surface area contributed by atoms with E-state index in [2.05, 4.69) is 0 Å². The van der Waals surface area contributed by atoms with Crippen molar-refractivity contribution < 1.29 is 14.3 Å². The van der Waals surface area contributed by atoms with Crippen LogP contribution in [0.3, 0.4) is 0 Å². The smallest absolute Gasteiger partial charge is 0.256 e. The van der Waals surface area contributed by atoms with Gasteiger partial charge in [0.15, 0.2) is 0 Å². The van der Waals surface area contributed by atoms with Crippen LogP contribution in [0, 0.1) is 0 Å². The molecule has 0 aromatic rings. The number of nitrogens with zero attached hydrogens (tertiary/aromatic N) is 1. The fourth-order valence-corrected chi connectivity index (χ4v) is 1.23. The van der Waals surface area contributed by atoms with Crippen LogP contribution in [0.2, 0.25) is 0 Å². The molecule has 78 valence electrons. The van der Waals surface area contributed by atoms with Crippen molar-refractivity contribution in [3.05, 3.63) is 11.6 Å². The predicted octanol–water partition coefficient (Wildman–Crippen LogP) is 0.726. The van der Waals surface area contributed by atoms with Gasteiger partial charge in [-0.15, -0.1) is 0 Å². The zero-order valence-electron chi connectivity index (χ0n) is 8.74. The molecule has 2 amide bonds. The minimum absolute atomic E-state index is 0.122. The third-order valence-corrected chi connectivity index (χ3v) is 1.95. The van der Waals surface area contributed by atoms with Crippen molar-refractivity contribution in [1.82, 2.24) is 4.90 Å². The van der Waals surface area contributed by atoms with E-state index < -0.39 is 0 Å². The molecule has 0 aromatic carbocycles. The van der Waals surface area contributed by atoms with E-state index in [9.17, 15) is 9.59 Å². The van der Waals surface area contributed by atoms with Crippen molar-refractivity contribution in [3.63, 3.8) is 0 Å². The fourth-order valence-electron chi connectivity index (χ4n) is 1.23. The summed E-state index contributed by atoms with van der Waals surface area (Å²) in [7, 11) is 0. The Morgan fingerprint density at radius 1 is 1.43 bits per heavy atom. The maximum atomic E-state index is 11.4. The molecule has 0 aliphatic carbocycles. The molecule has 1 heterocycles. The molecule has 0 bridgehead atoms. The van der Waals surface area contributed by atoms with E-state index in [1.54, 1.807) is 6.92 Å². The number of hydrogen-bond donors (Lipinski definition) is 0. The summed E-state index contributed by atoms with van der Waals surface area (Å²) in [5, 5.41) is 0. The summed E-state index contributed by atoms with van der Waals surface area (Å²) in [6.45, 7) is 6.21. The highest BCUT2D eigenvalue weighted by atomic mass is 16.5. The maximum absolute atomic E-state index is 11.4. The molecule has 0 N–H and O–H groups in total. The zero-order valence-corrected chi connectivity index (χ0v) is 8.74. The van der Waals surface area contributed by atoms with Crippen LogP contribution in [0.4, 0.5) is 0 Å². The Morgan fingerprint density at radius 3 is 2.50 bits per heavy atom. The van der Waals surface area contributed by atoms with Gasteiger partial charge in [-0.3, -0.25) is 14.5 Å². The Morgan fingerprint density at radius 2 is 2.07 bits per heavy atom. The van der Waals surface area contributed by atoms with Crippen molar-refractivity contribution in [1.29, 1.82) is 0 Å². The number of amides is 2. The molecule has 0 radical (unpaired) electrons. The molecule has 4 heteroatoms. The lowest BCUT2D eigenvalue weighted by Gasteiger charge is -2.15. The highest BCUT2D eigenvalue weighted by molar-refractivity contribution is 6.15. The largest absolute Gasteiger partial charge is 0.377 e. The Bertz CT molecular complexity index is 281. The van der Waals surface area contributed by atoms with Crippen molar-refractivity contribution in [2.45, 2.75) is 26.9 Å². The standard InChI is InChI=1S/C10H15NO3/c1-7(2)14-5-4-11-9(12)6-8(3)10(11)13/h6-7H,4-5H2,1-3H3. The van der Waals surface area contributed by atoms with Crippen molar-refractivity contribution >= 4 is 11.8 Å². The fraction of sp³-hybridized carbons (Fsp3) is 0.600. The summed E-state index contributed by atoms with van der Waals surface area (Å²) in [5.41, 5.74) is 0.500. The Balaban J connectivity index is 2.40. The summed E-state index contributed by atoms with van der Waals surface area (Å²) in [4.78, 5) is 23.8. The summed E-state index contributed by atoms with van der Waals surface area (Å²) < 4.78 is 5.27. The van der Waals surface area contributed by atoms with E-state index >= 15 is 0 Å². The van der Waals surface area contributed by atoms with Crippen LogP contribution in [0.15, 0.2) is 11.6 Å². The Labute approximate surface area is 83.5 Å². The first-order valence-electron chi connectivity index (χ1n) is 4.68. The lowest BCUT2D eigenvalue weighted by molar-refractivity contribution is -0.138. The average Bonchev–Trinajstić information content (AvgIpc) is 2.31. The van der Waals surface area contributed by atoms with Gasteiger partial charge in [0, 0.05) is 11.6 Å². The molecule has 0 aromatic heterocycles. The van der Waals surface area contributed by atoms with Crippen molar-refractivity contribution in [2.24, 2.45) is 0 Å². The normalized spacial score (nSPS) is 16.9. The second-order valence-corrected chi connectivity index (χ2v) is 3.54. The molecule has 1 aliphatic heterocycles. The Hall–Kier alpha value is -1.16. The van der Waals surface area contributed by atoms with Gasteiger partial charge in [-0.1, -0.05) is 0 Å². The number of carbonyl (C=O) groups excluding carboxylic acids is 2. The molecule has 14 heavy (non-hydrogen) atoms. The van der Waals surface area contributed by atoms with Crippen LogP contribution in [-0.4, -0.2) is 36.0 Å². The van der Waals surface area contributed by atoms with Crippen LogP contribution >= 0.6 is 0 Å². The van der Waals surface area contributed by atoms with Gasteiger partial charge in [-0.05, 0) is 20.8 Å². The molecule has 0 atom stereocenters. The molecule has 0 saturated heterocycles. The molecule has 1 rings (SSSR count). The van der Waals surface area contributed by atoms with Crippen LogP contribution in [0.25, 0.3) is 0 Å². The van der Waals surface area contributed by atoms with E-state index in [0.29, 0.717) is 18.7 Å². The average molecular weight is 197 g/mol. The molecule has 1 aliphatic rings. The van der Waals surface area contributed by atoms with Crippen molar-refractivity contribution in [2.75, 3.05) is 13.2 Å². The molecule has 0 spiro atoms. The molecule has 4 nitrogen and oxygen atoms in total. The number of rotatable bonds is 4. The van der Waals surface area contributed by atoms with E-state index in [1.807, 2.05) is 13.8 Å². The summed E-state index contributed by atoms with van der Waals surface area (Å²) >= 11 is 0. The first-order chi connectivity index (χ1) is 6.52. The number of carbonyl (C=O) groups is 2. The highest BCUT2D eigenvalue weighted by Crippen LogP contribution is 2.11. The van der Waals surface area contributed by atoms with Gasteiger partial charge < -0.3 is 4.74 Å². The molecular weight excluding hydrogens is 182 g/mol. The first kappa shape index (κ1) is 10.9. The highest BCUT2D eigenvalue weighted by Gasteiger charge is 2.27. The van der Waals surface area contributed by atoms with Crippen LogP contribution in [0.1, 0.15) is 20.8 Å². The zero-order chi connectivity index (χ0) is 10.7. The second-order valence-electron chi connectivity index (χ2n) is 3.54. The quantitative estimate of drug-likeness (QED) is 0.624. The molecular formula is C10H15NO3. The van der Waals surface area contributed by atoms with Gasteiger partial charge in [0.25, 0.3) is 11.8 Å². The maximum Gasteiger partial charge on any atom is 0.256 e. The summed E-state index contributed by atoms with van der Waals surface area (Å²) in [6.07, 6.45) is 1.48. The van der Waals surface area contributed by atoms with Gasteiger partial charge in [0.1, 0.15) is 0 Å². The van der Waals surface area contributed by atoms with Gasteiger partial charge >= 0.3 is 0 Å². The number of hydrogen-bond acceptors (Lipinski definition) is 3. The SMILES string of the molecule is CC1=CC(=O)N(CCOC(C)C)C1=O. The third kappa shape index (κ3) is 2.42. The Kier molecular flexibility index (Phi) is 3.41. The summed E-state index contributed by atoms with van der Waals surface area (Å²) in [6, 6.07) is 0. The van der Waals surface area contributed by atoms with E-state index in [-0.39, 0.29) is 17.9 Å². The number of imide groups is 1. The van der Waals surface area contributed by atoms with Gasteiger partial charge in [0.05, 0.1) is 19.3 Å². The molecule has 0 saturated carbocycles. The van der Waals surface area contributed by atoms with Crippen molar-refractivity contribution in [3.8, 4) is 0 Å². The molecule has 0 unspecified atom stereocenters. The van der Waals surface area contributed by atoms with E-state index in [0.717, 1.165) is 0 Å². The lowest BCUT2D eigenvalue weighted by Crippen LogP contribution is -2.34. The van der Waals surface area contributed by atoms with Crippen LogP contribution in [-0.2, 0) is 14.3 Å². The third-order valence-electron chi connectivity index (χ3n) is 1.95. The topological polar surface area (TPSA) is 46.6 Å². The number of ether oxygens (including phenoxy) is 1.